The largest absolute Gasteiger partial charge is 0.465 e. The van der Waals surface area contributed by atoms with Gasteiger partial charge in [-0.2, -0.15) is 4.98 Å². The Balaban J connectivity index is 1.46. The number of rotatable bonds is 11. The molecule has 1 aliphatic rings. The van der Waals surface area contributed by atoms with Crippen LogP contribution in [0.2, 0.25) is 0 Å². The molecule has 0 spiro atoms. The second kappa shape index (κ2) is 10.3. The van der Waals surface area contributed by atoms with Crippen molar-refractivity contribution in [3.05, 3.63) is 23.8 Å². The van der Waals surface area contributed by atoms with Crippen LogP contribution in [-0.4, -0.2) is 35.3 Å². The molecule has 2 N–H and O–H groups in total. The van der Waals surface area contributed by atoms with E-state index in [2.05, 4.69) is 29.4 Å². The lowest BCUT2D eigenvalue weighted by Crippen LogP contribution is -2.36. The van der Waals surface area contributed by atoms with Gasteiger partial charge in [0.15, 0.2) is 5.58 Å². The number of fused-ring (bicyclic) bond motifs is 1. The van der Waals surface area contributed by atoms with E-state index in [4.69, 9.17) is 9.52 Å². The molecule has 1 saturated heterocycles. The molecule has 0 radical (unpaired) electrons. The van der Waals surface area contributed by atoms with Crippen molar-refractivity contribution in [1.82, 2.24) is 10.3 Å². The van der Waals surface area contributed by atoms with Gasteiger partial charge in [0.2, 0.25) is 0 Å². The highest BCUT2D eigenvalue weighted by atomic mass is 16.4. The van der Waals surface area contributed by atoms with Gasteiger partial charge in [0.1, 0.15) is 5.52 Å². The van der Waals surface area contributed by atoms with Crippen molar-refractivity contribution in [2.45, 2.75) is 77.2 Å². The number of nitrogens with one attached hydrogen (secondary N) is 1. The second-order valence-corrected chi connectivity index (χ2v) is 7.90. The zero-order chi connectivity index (χ0) is 19.8. The van der Waals surface area contributed by atoms with Crippen LogP contribution in [0.5, 0.6) is 0 Å². The Kier molecular flexibility index (Phi) is 7.57. The fraction of sp³-hybridized carbons (Fsp3) is 0.636. The first-order valence-electron chi connectivity index (χ1n) is 10.8. The molecule has 6 heteroatoms. The Morgan fingerprint density at radius 1 is 1.21 bits per heavy atom. The highest BCUT2D eigenvalue weighted by molar-refractivity contribution is 5.75. The molecule has 28 heavy (non-hydrogen) atoms. The van der Waals surface area contributed by atoms with Crippen LogP contribution >= 0.6 is 0 Å². The van der Waals surface area contributed by atoms with E-state index in [-0.39, 0.29) is 6.04 Å². The first kappa shape index (κ1) is 20.5. The molecule has 3 rings (SSSR count). The highest BCUT2D eigenvalue weighted by Gasteiger charge is 2.27. The van der Waals surface area contributed by atoms with Crippen molar-refractivity contribution in [3.63, 3.8) is 0 Å². The van der Waals surface area contributed by atoms with E-state index in [0.29, 0.717) is 12.6 Å². The molecule has 2 aromatic rings. The summed E-state index contributed by atoms with van der Waals surface area (Å²) in [4.78, 5) is 17.4. The van der Waals surface area contributed by atoms with E-state index in [1.165, 1.54) is 56.9 Å². The van der Waals surface area contributed by atoms with Crippen LogP contribution in [0.3, 0.4) is 0 Å². The maximum Gasteiger partial charge on any atom is 0.404 e. The number of hydrogen-bond acceptors (Lipinski definition) is 4. The minimum atomic E-state index is -0.977. The molecule has 1 amide bonds. The Hall–Kier alpha value is -2.24. The minimum absolute atomic E-state index is 0.0648. The van der Waals surface area contributed by atoms with E-state index in [1.807, 2.05) is 11.0 Å². The lowest BCUT2D eigenvalue weighted by molar-refractivity contribution is 0.191. The number of unbranched alkanes of at least 4 members (excludes halogenated alkanes) is 7. The number of aromatic nitrogens is 1. The van der Waals surface area contributed by atoms with Gasteiger partial charge >= 0.3 is 6.09 Å². The van der Waals surface area contributed by atoms with Crippen LogP contribution in [0.4, 0.5) is 10.8 Å². The molecule has 154 valence electrons. The SMILES string of the molecule is CCCCCCCCCCc1ccc2nc(N3CC[C@@H](NC(=O)O)C3)oc2c1. The van der Waals surface area contributed by atoms with E-state index < -0.39 is 6.09 Å². The van der Waals surface area contributed by atoms with Crippen molar-refractivity contribution in [2.24, 2.45) is 0 Å². The van der Waals surface area contributed by atoms with E-state index in [1.54, 1.807) is 0 Å². The molecule has 0 saturated carbocycles. The van der Waals surface area contributed by atoms with Gasteiger partial charge in [-0.05, 0) is 37.0 Å². The molecule has 1 atom stereocenters. The summed E-state index contributed by atoms with van der Waals surface area (Å²) in [5.41, 5.74) is 2.99. The van der Waals surface area contributed by atoms with Gasteiger partial charge in [-0.15, -0.1) is 0 Å². The summed E-state index contributed by atoms with van der Waals surface area (Å²) < 4.78 is 5.97. The summed E-state index contributed by atoms with van der Waals surface area (Å²) >= 11 is 0. The Morgan fingerprint density at radius 2 is 1.96 bits per heavy atom. The third-order valence-electron chi connectivity index (χ3n) is 5.55. The molecule has 0 bridgehead atoms. The maximum absolute atomic E-state index is 10.8. The minimum Gasteiger partial charge on any atom is -0.465 e. The molecule has 1 aromatic heterocycles. The van der Waals surface area contributed by atoms with Crippen molar-refractivity contribution in [1.29, 1.82) is 0 Å². The number of anilines is 1. The lowest BCUT2D eigenvalue weighted by atomic mass is 10.0. The van der Waals surface area contributed by atoms with Crippen molar-refractivity contribution in [2.75, 3.05) is 18.0 Å². The standard InChI is InChI=1S/C22H33N3O3/c1-2-3-4-5-6-7-8-9-10-17-11-12-19-20(15-17)28-21(24-19)25-14-13-18(16-25)23-22(26)27/h11-12,15,18,23H,2-10,13-14,16H2,1H3,(H,26,27)/t18-/m1/s1. The number of benzene rings is 1. The van der Waals surface area contributed by atoms with Crippen LogP contribution in [0.1, 0.15) is 70.3 Å². The molecular weight excluding hydrogens is 354 g/mol. The van der Waals surface area contributed by atoms with Crippen LogP contribution in [0.15, 0.2) is 22.6 Å². The second-order valence-electron chi connectivity index (χ2n) is 7.90. The molecule has 0 unspecified atom stereocenters. The summed E-state index contributed by atoms with van der Waals surface area (Å²) in [5, 5.41) is 11.4. The Labute approximate surface area is 167 Å². The molecule has 2 heterocycles. The van der Waals surface area contributed by atoms with Gasteiger partial charge in [0, 0.05) is 13.1 Å². The summed E-state index contributed by atoms with van der Waals surface area (Å²) in [6.45, 7) is 3.61. The van der Waals surface area contributed by atoms with Gasteiger partial charge in [0.25, 0.3) is 6.01 Å². The summed E-state index contributed by atoms with van der Waals surface area (Å²) in [6, 6.07) is 6.81. The molecular formula is C22H33N3O3. The van der Waals surface area contributed by atoms with Crippen LogP contribution in [0, 0.1) is 0 Å². The fourth-order valence-electron chi connectivity index (χ4n) is 3.94. The van der Waals surface area contributed by atoms with Gasteiger partial charge in [0.05, 0.1) is 6.04 Å². The number of carboxylic acid groups (broad SMARTS) is 1. The Morgan fingerprint density at radius 3 is 2.71 bits per heavy atom. The van der Waals surface area contributed by atoms with Crippen LogP contribution in [-0.2, 0) is 6.42 Å². The third-order valence-corrected chi connectivity index (χ3v) is 5.55. The number of carbonyl (C=O) groups is 1. The van der Waals surface area contributed by atoms with Gasteiger partial charge in [-0.3, -0.25) is 0 Å². The molecule has 1 aromatic carbocycles. The normalized spacial score (nSPS) is 16.8. The topological polar surface area (TPSA) is 78.6 Å². The zero-order valence-electron chi connectivity index (χ0n) is 17.0. The maximum atomic E-state index is 10.8. The number of aryl methyl sites for hydroxylation is 1. The van der Waals surface area contributed by atoms with Crippen LogP contribution < -0.4 is 10.2 Å². The fourth-order valence-corrected chi connectivity index (χ4v) is 3.94. The van der Waals surface area contributed by atoms with Gasteiger partial charge in [-0.1, -0.05) is 57.9 Å². The lowest BCUT2D eigenvalue weighted by Gasteiger charge is -2.13. The number of nitrogens with zero attached hydrogens (tertiary/aromatic N) is 2. The summed E-state index contributed by atoms with van der Waals surface area (Å²) in [5.74, 6) is 0. The van der Waals surface area contributed by atoms with Crippen LogP contribution in [0.25, 0.3) is 11.1 Å². The predicted molar refractivity (Wildman–Crippen MR) is 112 cm³/mol. The molecule has 1 aliphatic heterocycles. The summed E-state index contributed by atoms with van der Waals surface area (Å²) in [6.07, 6.45) is 11.5. The Bertz CT molecular complexity index is 759. The van der Waals surface area contributed by atoms with E-state index in [9.17, 15) is 4.79 Å². The number of hydrogen-bond donors (Lipinski definition) is 2. The monoisotopic (exact) mass is 387 g/mol. The summed E-state index contributed by atoms with van der Waals surface area (Å²) in [7, 11) is 0. The third kappa shape index (κ3) is 5.88. The quantitative estimate of drug-likeness (QED) is 0.508. The van der Waals surface area contributed by atoms with Crippen molar-refractivity contribution >= 4 is 23.2 Å². The van der Waals surface area contributed by atoms with E-state index >= 15 is 0 Å². The number of oxazole rings is 1. The van der Waals surface area contributed by atoms with Crippen molar-refractivity contribution < 1.29 is 14.3 Å². The highest BCUT2D eigenvalue weighted by Crippen LogP contribution is 2.26. The molecule has 6 nitrogen and oxygen atoms in total. The smallest absolute Gasteiger partial charge is 0.404 e. The zero-order valence-corrected chi connectivity index (χ0v) is 17.0. The van der Waals surface area contributed by atoms with Gasteiger partial charge in [-0.25, -0.2) is 4.79 Å². The van der Waals surface area contributed by atoms with E-state index in [0.717, 1.165) is 30.5 Å². The van der Waals surface area contributed by atoms with Crippen molar-refractivity contribution in [3.8, 4) is 0 Å². The average Bonchev–Trinajstić information content (AvgIpc) is 3.29. The first-order valence-corrected chi connectivity index (χ1v) is 10.8. The number of amides is 1. The first-order chi connectivity index (χ1) is 13.7. The van der Waals surface area contributed by atoms with Gasteiger partial charge < -0.3 is 19.7 Å². The molecule has 1 fully saturated rings. The molecule has 0 aliphatic carbocycles. The average molecular weight is 388 g/mol. The predicted octanol–water partition coefficient (Wildman–Crippen LogP) is 5.36.